The van der Waals surface area contributed by atoms with Crippen LogP contribution < -0.4 is 10.9 Å². The average molecular weight is 433 g/mol. The Kier molecular flexibility index (Phi) is 5.47. The van der Waals surface area contributed by atoms with E-state index in [9.17, 15) is 4.79 Å². The van der Waals surface area contributed by atoms with Crippen molar-refractivity contribution in [1.29, 1.82) is 0 Å². The Labute approximate surface area is 186 Å². The van der Waals surface area contributed by atoms with E-state index in [0.29, 0.717) is 23.0 Å². The Morgan fingerprint density at radius 3 is 2.65 bits per heavy atom. The predicted octanol–water partition coefficient (Wildman–Crippen LogP) is 4.89. The normalized spacial score (nSPS) is 19.2. The van der Waals surface area contributed by atoms with Crippen molar-refractivity contribution in [3.8, 4) is 0 Å². The molecule has 2 atom stereocenters. The molecule has 31 heavy (non-hydrogen) atoms. The molecule has 1 aliphatic rings. The van der Waals surface area contributed by atoms with Gasteiger partial charge < -0.3 is 5.32 Å². The molecule has 0 spiro atoms. The first kappa shape index (κ1) is 20.2. The van der Waals surface area contributed by atoms with Gasteiger partial charge in [0.15, 0.2) is 0 Å². The maximum atomic E-state index is 13.6. The smallest absolute Gasteiger partial charge is 0.261 e. The zero-order chi connectivity index (χ0) is 21.4. The summed E-state index contributed by atoms with van der Waals surface area (Å²) in [6.07, 6.45) is 8.63. The monoisotopic (exact) mass is 432 g/mol. The molecule has 158 valence electrons. The number of likely N-dealkylation sites (N-methyl/N-ethyl adjacent to an activating group) is 1. The predicted molar refractivity (Wildman–Crippen MR) is 126 cm³/mol. The van der Waals surface area contributed by atoms with Crippen LogP contribution in [-0.2, 0) is 6.42 Å². The third kappa shape index (κ3) is 3.73. The highest BCUT2D eigenvalue weighted by Crippen LogP contribution is 2.30. The fourth-order valence-electron chi connectivity index (χ4n) is 4.94. The van der Waals surface area contributed by atoms with Crippen LogP contribution in [0.25, 0.3) is 21.7 Å². The van der Waals surface area contributed by atoms with Crippen LogP contribution in [0.1, 0.15) is 42.9 Å². The zero-order valence-electron chi connectivity index (χ0n) is 17.5. The molecule has 2 aromatic carbocycles. The number of hydrogen-bond donors (Lipinski definition) is 1. The van der Waals surface area contributed by atoms with Gasteiger partial charge in [-0.3, -0.25) is 9.36 Å². The fraction of sp³-hybridized carbons (Fsp3) is 0.320. The highest BCUT2D eigenvalue weighted by molar-refractivity contribution is 6.29. The van der Waals surface area contributed by atoms with Gasteiger partial charge in [0.25, 0.3) is 5.56 Å². The molecular formula is C25H25ClN4O. The van der Waals surface area contributed by atoms with Crippen molar-refractivity contribution in [3.63, 3.8) is 0 Å². The Morgan fingerprint density at radius 1 is 1.06 bits per heavy atom. The molecule has 1 N–H and O–H groups in total. The van der Waals surface area contributed by atoms with Crippen molar-refractivity contribution in [3.05, 3.63) is 81.6 Å². The van der Waals surface area contributed by atoms with Crippen molar-refractivity contribution in [2.45, 2.75) is 44.2 Å². The number of nitrogens with zero attached hydrogens (tertiary/aromatic N) is 3. The first-order chi connectivity index (χ1) is 15.2. The van der Waals surface area contributed by atoms with Gasteiger partial charge in [0.1, 0.15) is 5.15 Å². The number of nitrogens with one attached hydrogen (secondary N) is 1. The fourth-order valence-corrected chi connectivity index (χ4v) is 5.05. The molecule has 2 heterocycles. The second-order valence-electron chi connectivity index (χ2n) is 8.35. The number of fused-ring (bicyclic) bond motifs is 3. The van der Waals surface area contributed by atoms with Crippen LogP contribution in [0.2, 0.25) is 5.15 Å². The van der Waals surface area contributed by atoms with Gasteiger partial charge in [0.2, 0.25) is 0 Å². The van der Waals surface area contributed by atoms with Crippen LogP contribution >= 0.6 is 11.6 Å². The van der Waals surface area contributed by atoms with E-state index >= 15 is 0 Å². The van der Waals surface area contributed by atoms with Crippen LogP contribution in [0.5, 0.6) is 0 Å². The van der Waals surface area contributed by atoms with Gasteiger partial charge in [-0.1, -0.05) is 54.8 Å². The maximum Gasteiger partial charge on any atom is 0.261 e. The zero-order valence-corrected chi connectivity index (χ0v) is 18.3. The van der Waals surface area contributed by atoms with E-state index in [4.69, 9.17) is 16.6 Å². The van der Waals surface area contributed by atoms with Crippen molar-refractivity contribution < 1.29 is 0 Å². The first-order valence-electron chi connectivity index (χ1n) is 10.8. The minimum Gasteiger partial charge on any atom is -0.315 e. The maximum absolute atomic E-state index is 13.6. The number of hydrogen-bond acceptors (Lipinski definition) is 4. The summed E-state index contributed by atoms with van der Waals surface area (Å²) in [6, 6.07) is 14.4. The lowest BCUT2D eigenvalue weighted by molar-refractivity contribution is 0.268. The number of rotatable bonds is 4. The number of aromatic nitrogens is 3. The summed E-state index contributed by atoms with van der Waals surface area (Å²) in [5, 5.41) is 6.68. The van der Waals surface area contributed by atoms with Crippen LogP contribution in [0.4, 0.5) is 0 Å². The van der Waals surface area contributed by atoms with Crippen molar-refractivity contribution in [1.82, 2.24) is 19.9 Å². The van der Waals surface area contributed by atoms with Gasteiger partial charge in [0, 0.05) is 17.6 Å². The molecule has 0 unspecified atom stereocenters. The quantitative estimate of drug-likeness (QED) is 0.368. The Balaban J connectivity index is 1.69. The van der Waals surface area contributed by atoms with Gasteiger partial charge >= 0.3 is 0 Å². The first-order valence-corrected chi connectivity index (χ1v) is 11.2. The molecule has 5 rings (SSSR count). The largest absolute Gasteiger partial charge is 0.315 e. The van der Waals surface area contributed by atoms with E-state index in [-0.39, 0.29) is 11.6 Å². The van der Waals surface area contributed by atoms with E-state index < -0.39 is 0 Å². The van der Waals surface area contributed by atoms with E-state index in [1.807, 2.05) is 35.9 Å². The van der Waals surface area contributed by atoms with Gasteiger partial charge in [-0.15, -0.1) is 0 Å². The summed E-state index contributed by atoms with van der Waals surface area (Å²) in [6.45, 7) is 0. The van der Waals surface area contributed by atoms with Crippen LogP contribution in [0.3, 0.4) is 0 Å². The SMILES string of the molecule is CN[C@H]1CCCC[C@@H]1n1cnc2c(cc(Cc3ccc(Cl)nc3)c3ccccc32)c1=O. The summed E-state index contributed by atoms with van der Waals surface area (Å²) in [7, 11) is 1.98. The summed E-state index contributed by atoms with van der Waals surface area (Å²) in [5.74, 6) is 0. The van der Waals surface area contributed by atoms with Crippen molar-refractivity contribution >= 4 is 33.3 Å². The van der Waals surface area contributed by atoms with Gasteiger partial charge in [0.05, 0.1) is 23.3 Å². The molecule has 2 aromatic heterocycles. The summed E-state index contributed by atoms with van der Waals surface area (Å²) < 4.78 is 1.85. The summed E-state index contributed by atoms with van der Waals surface area (Å²) in [5.41, 5.74) is 2.96. The third-order valence-corrected chi connectivity index (χ3v) is 6.74. The third-order valence-electron chi connectivity index (χ3n) is 6.52. The van der Waals surface area contributed by atoms with E-state index in [1.54, 1.807) is 18.6 Å². The number of benzene rings is 2. The minimum atomic E-state index is 0.0402. The Bertz CT molecular complexity index is 1300. The van der Waals surface area contributed by atoms with E-state index in [2.05, 4.69) is 22.4 Å². The molecule has 4 aromatic rings. The molecule has 1 aliphatic carbocycles. The summed E-state index contributed by atoms with van der Waals surface area (Å²) in [4.78, 5) is 22.6. The standard InChI is InChI=1S/C25H25ClN4O/c1-27-21-8-4-5-9-22(21)30-15-29-24-19-7-3-2-6-18(19)17(13-20(24)25(30)31)12-16-10-11-23(26)28-14-16/h2-3,6-7,10-11,13-15,21-22,27H,4-5,8-9,12H2,1H3/t21-,22-/m0/s1. The molecule has 0 radical (unpaired) electrons. The average Bonchev–Trinajstić information content (AvgIpc) is 2.81. The van der Waals surface area contributed by atoms with E-state index in [0.717, 1.165) is 46.7 Å². The lowest BCUT2D eigenvalue weighted by Crippen LogP contribution is -2.41. The second-order valence-corrected chi connectivity index (χ2v) is 8.73. The van der Waals surface area contributed by atoms with E-state index in [1.165, 1.54) is 6.42 Å². The topological polar surface area (TPSA) is 59.8 Å². The van der Waals surface area contributed by atoms with Crippen LogP contribution in [0, 0.1) is 0 Å². The number of pyridine rings is 1. The second kappa shape index (κ2) is 8.40. The Morgan fingerprint density at radius 2 is 1.87 bits per heavy atom. The van der Waals surface area contributed by atoms with Crippen molar-refractivity contribution in [2.75, 3.05) is 7.05 Å². The highest BCUT2D eigenvalue weighted by atomic mass is 35.5. The van der Waals surface area contributed by atoms with Gasteiger partial charge in [-0.25, -0.2) is 9.97 Å². The molecule has 1 fully saturated rings. The highest BCUT2D eigenvalue weighted by Gasteiger charge is 2.27. The van der Waals surface area contributed by atoms with Crippen LogP contribution in [-0.4, -0.2) is 27.6 Å². The van der Waals surface area contributed by atoms with Gasteiger partial charge in [-0.05, 0) is 55.0 Å². The van der Waals surface area contributed by atoms with Crippen molar-refractivity contribution in [2.24, 2.45) is 0 Å². The van der Waals surface area contributed by atoms with Crippen LogP contribution in [0.15, 0.2) is 59.8 Å². The molecular weight excluding hydrogens is 408 g/mol. The minimum absolute atomic E-state index is 0.0402. The summed E-state index contributed by atoms with van der Waals surface area (Å²) >= 11 is 5.95. The molecule has 0 saturated heterocycles. The molecule has 0 bridgehead atoms. The Hall–Kier alpha value is -2.76. The molecule has 6 heteroatoms. The molecule has 0 aliphatic heterocycles. The van der Waals surface area contributed by atoms with Gasteiger partial charge in [-0.2, -0.15) is 0 Å². The molecule has 5 nitrogen and oxygen atoms in total. The molecule has 1 saturated carbocycles. The lowest BCUT2D eigenvalue weighted by Gasteiger charge is -2.32. The molecule has 0 amide bonds. The number of halogens is 1. The lowest BCUT2D eigenvalue weighted by atomic mass is 9.90.